The number of ether oxygens (including phenoxy) is 1. The molecular weight excluding hydrogens is 432 g/mol. The van der Waals surface area contributed by atoms with Crippen LogP contribution in [0.3, 0.4) is 0 Å². The number of carbonyl (C=O) groups excluding carboxylic acids is 2. The molecule has 0 radical (unpaired) electrons. The SMILES string of the molecule is CC(C)(CNC(=O)C1CCCC1CNC(=O)OCC1c2ccccc2-c2ccccc21)C(=O)O. The number of fused-ring (bicyclic) bond motifs is 3. The molecule has 0 bridgehead atoms. The van der Waals surface area contributed by atoms with Crippen LogP contribution >= 0.6 is 0 Å². The molecule has 1 saturated carbocycles. The number of carbonyl (C=O) groups is 3. The lowest BCUT2D eigenvalue weighted by Crippen LogP contribution is -2.43. The molecular formula is C27H32N2O5. The third kappa shape index (κ3) is 4.93. The molecule has 2 aromatic carbocycles. The van der Waals surface area contributed by atoms with E-state index >= 15 is 0 Å². The highest BCUT2D eigenvalue weighted by Crippen LogP contribution is 2.44. The van der Waals surface area contributed by atoms with Gasteiger partial charge in [-0.25, -0.2) is 4.79 Å². The van der Waals surface area contributed by atoms with Gasteiger partial charge in [-0.05, 0) is 54.9 Å². The average Bonchev–Trinajstić information content (AvgIpc) is 3.42. The molecule has 2 amide bonds. The summed E-state index contributed by atoms with van der Waals surface area (Å²) in [5.74, 6) is -1.33. The highest BCUT2D eigenvalue weighted by Gasteiger charge is 2.35. The standard InChI is InChI=1S/C27H32N2O5/c1-27(2,25(31)32)16-29-24(30)18-13-7-8-17(18)14-28-26(33)34-15-23-21-11-5-3-9-19(21)20-10-4-6-12-22(20)23/h3-6,9-12,17-18,23H,7-8,13-16H2,1-2H3,(H,28,33)(H,29,30)(H,31,32). The molecule has 0 aliphatic heterocycles. The number of benzene rings is 2. The minimum absolute atomic E-state index is 0.000691. The first-order valence-electron chi connectivity index (χ1n) is 11.9. The first-order valence-corrected chi connectivity index (χ1v) is 11.9. The summed E-state index contributed by atoms with van der Waals surface area (Å²) >= 11 is 0. The van der Waals surface area contributed by atoms with E-state index < -0.39 is 17.5 Å². The Kier molecular flexibility index (Phi) is 6.91. The molecule has 3 N–H and O–H groups in total. The fraction of sp³-hybridized carbons (Fsp3) is 0.444. The van der Waals surface area contributed by atoms with Crippen molar-refractivity contribution in [1.82, 2.24) is 10.6 Å². The molecule has 2 aliphatic carbocycles. The van der Waals surface area contributed by atoms with Gasteiger partial charge >= 0.3 is 12.1 Å². The van der Waals surface area contributed by atoms with Gasteiger partial charge in [-0.3, -0.25) is 9.59 Å². The van der Waals surface area contributed by atoms with E-state index in [1.54, 1.807) is 13.8 Å². The highest BCUT2D eigenvalue weighted by atomic mass is 16.5. The van der Waals surface area contributed by atoms with Gasteiger partial charge < -0.3 is 20.5 Å². The lowest BCUT2D eigenvalue weighted by atomic mass is 9.92. The van der Waals surface area contributed by atoms with Gasteiger partial charge in [-0.2, -0.15) is 0 Å². The van der Waals surface area contributed by atoms with E-state index in [0.717, 1.165) is 30.4 Å². The first-order chi connectivity index (χ1) is 16.3. The molecule has 0 heterocycles. The van der Waals surface area contributed by atoms with E-state index in [4.69, 9.17) is 4.74 Å². The van der Waals surface area contributed by atoms with Crippen molar-refractivity contribution in [3.63, 3.8) is 0 Å². The summed E-state index contributed by atoms with van der Waals surface area (Å²) < 4.78 is 5.60. The van der Waals surface area contributed by atoms with Gasteiger partial charge in [0.05, 0.1) is 5.41 Å². The summed E-state index contributed by atoms with van der Waals surface area (Å²) in [4.78, 5) is 36.4. The third-order valence-electron chi connectivity index (χ3n) is 7.13. The molecule has 4 rings (SSSR count). The Morgan fingerprint density at radius 1 is 0.971 bits per heavy atom. The van der Waals surface area contributed by atoms with Crippen LogP contribution in [-0.4, -0.2) is 42.8 Å². The molecule has 0 aromatic heterocycles. The van der Waals surface area contributed by atoms with Crippen molar-refractivity contribution in [2.45, 2.75) is 39.0 Å². The average molecular weight is 465 g/mol. The molecule has 2 aromatic rings. The van der Waals surface area contributed by atoms with Gasteiger partial charge in [0.1, 0.15) is 6.61 Å². The van der Waals surface area contributed by atoms with Crippen LogP contribution in [0.25, 0.3) is 11.1 Å². The Morgan fingerprint density at radius 3 is 2.21 bits per heavy atom. The summed E-state index contributed by atoms with van der Waals surface area (Å²) in [6, 6.07) is 16.4. The summed E-state index contributed by atoms with van der Waals surface area (Å²) in [6.07, 6.45) is 1.98. The van der Waals surface area contributed by atoms with Crippen molar-refractivity contribution >= 4 is 18.0 Å². The predicted octanol–water partition coefficient (Wildman–Crippen LogP) is 4.17. The maximum absolute atomic E-state index is 12.7. The third-order valence-corrected chi connectivity index (χ3v) is 7.13. The summed E-state index contributed by atoms with van der Waals surface area (Å²) in [7, 11) is 0. The van der Waals surface area contributed by atoms with Crippen LogP contribution in [0.2, 0.25) is 0 Å². The molecule has 7 nitrogen and oxygen atoms in total. The van der Waals surface area contributed by atoms with E-state index in [9.17, 15) is 19.5 Å². The monoisotopic (exact) mass is 464 g/mol. The zero-order valence-corrected chi connectivity index (χ0v) is 19.7. The second kappa shape index (κ2) is 9.87. The maximum Gasteiger partial charge on any atom is 0.407 e. The fourth-order valence-corrected chi connectivity index (χ4v) is 5.00. The van der Waals surface area contributed by atoms with Crippen molar-refractivity contribution in [1.29, 1.82) is 0 Å². The van der Waals surface area contributed by atoms with Gasteiger partial charge in [-0.1, -0.05) is 55.0 Å². The first kappa shape index (κ1) is 23.8. The van der Waals surface area contributed by atoms with Crippen LogP contribution in [-0.2, 0) is 14.3 Å². The van der Waals surface area contributed by atoms with Crippen LogP contribution in [0.15, 0.2) is 48.5 Å². The number of nitrogens with one attached hydrogen (secondary N) is 2. The minimum Gasteiger partial charge on any atom is -0.481 e. The zero-order chi connectivity index (χ0) is 24.3. The largest absolute Gasteiger partial charge is 0.481 e. The molecule has 2 atom stereocenters. The quantitative estimate of drug-likeness (QED) is 0.544. The Morgan fingerprint density at radius 2 is 1.59 bits per heavy atom. The molecule has 2 unspecified atom stereocenters. The van der Waals surface area contributed by atoms with Crippen LogP contribution in [0.1, 0.15) is 50.2 Å². The second-order valence-corrected chi connectivity index (χ2v) is 9.91. The molecule has 0 spiro atoms. The molecule has 7 heteroatoms. The van der Waals surface area contributed by atoms with Gasteiger partial charge in [-0.15, -0.1) is 0 Å². The molecule has 1 fully saturated rings. The van der Waals surface area contributed by atoms with E-state index in [2.05, 4.69) is 34.9 Å². The van der Waals surface area contributed by atoms with Crippen molar-refractivity contribution in [2.75, 3.05) is 19.7 Å². The summed E-state index contributed by atoms with van der Waals surface area (Å²) in [6.45, 7) is 3.85. The minimum atomic E-state index is -1.02. The fourth-order valence-electron chi connectivity index (χ4n) is 5.00. The lowest BCUT2D eigenvalue weighted by molar-refractivity contribution is -0.147. The molecule has 180 valence electrons. The normalized spacial score (nSPS) is 19.2. The van der Waals surface area contributed by atoms with Gasteiger partial charge in [0.2, 0.25) is 5.91 Å². The Balaban J connectivity index is 1.29. The van der Waals surface area contributed by atoms with E-state index in [1.165, 1.54) is 11.1 Å². The number of alkyl carbamates (subject to hydrolysis) is 1. The van der Waals surface area contributed by atoms with E-state index in [1.807, 2.05) is 24.3 Å². The number of carboxylic acid groups (broad SMARTS) is 1. The van der Waals surface area contributed by atoms with Crippen LogP contribution in [0.4, 0.5) is 4.79 Å². The van der Waals surface area contributed by atoms with Gasteiger partial charge in [0.15, 0.2) is 0 Å². The molecule has 0 saturated heterocycles. The Hall–Kier alpha value is -3.35. The number of hydrogen-bond acceptors (Lipinski definition) is 4. The van der Waals surface area contributed by atoms with Crippen LogP contribution in [0, 0.1) is 17.3 Å². The summed E-state index contributed by atoms with van der Waals surface area (Å²) in [5, 5.41) is 14.9. The number of carboxylic acids is 1. The van der Waals surface area contributed by atoms with Crippen LogP contribution < -0.4 is 10.6 Å². The number of rotatable bonds is 8. The van der Waals surface area contributed by atoms with E-state index in [-0.39, 0.29) is 36.8 Å². The van der Waals surface area contributed by atoms with Gasteiger partial charge in [0, 0.05) is 24.9 Å². The number of amides is 2. The maximum atomic E-state index is 12.7. The number of aliphatic carboxylic acids is 1. The van der Waals surface area contributed by atoms with Crippen molar-refractivity contribution in [3.05, 3.63) is 59.7 Å². The van der Waals surface area contributed by atoms with Gasteiger partial charge in [0.25, 0.3) is 0 Å². The Bertz CT molecular complexity index is 1030. The number of hydrogen-bond donors (Lipinski definition) is 3. The smallest absolute Gasteiger partial charge is 0.407 e. The van der Waals surface area contributed by atoms with Crippen LogP contribution in [0.5, 0.6) is 0 Å². The lowest BCUT2D eigenvalue weighted by Gasteiger charge is -2.23. The second-order valence-electron chi connectivity index (χ2n) is 9.91. The van der Waals surface area contributed by atoms with Crippen molar-refractivity contribution < 1.29 is 24.2 Å². The topological polar surface area (TPSA) is 105 Å². The Labute approximate surface area is 199 Å². The molecule has 34 heavy (non-hydrogen) atoms. The van der Waals surface area contributed by atoms with E-state index in [0.29, 0.717) is 6.54 Å². The predicted molar refractivity (Wildman–Crippen MR) is 128 cm³/mol. The summed E-state index contributed by atoms with van der Waals surface area (Å²) in [5.41, 5.74) is 3.65. The zero-order valence-electron chi connectivity index (χ0n) is 19.7. The molecule has 2 aliphatic rings. The van der Waals surface area contributed by atoms with Crippen molar-refractivity contribution in [3.8, 4) is 11.1 Å². The highest BCUT2D eigenvalue weighted by molar-refractivity contribution is 5.81. The van der Waals surface area contributed by atoms with Crippen molar-refractivity contribution in [2.24, 2.45) is 17.3 Å².